The Balaban J connectivity index is 1.41. The van der Waals surface area contributed by atoms with Crippen molar-refractivity contribution in [1.29, 1.82) is 0 Å². The number of ether oxygens (including phenoxy) is 1. The molecule has 0 aromatic heterocycles. The van der Waals surface area contributed by atoms with Crippen LogP contribution in [0.15, 0.2) is 30.3 Å². The van der Waals surface area contributed by atoms with E-state index in [1.54, 1.807) is 17.0 Å². The average Bonchev–Trinajstić information content (AvgIpc) is 2.93. The van der Waals surface area contributed by atoms with E-state index in [4.69, 9.17) is 4.74 Å². The Labute approximate surface area is 155 Å². The number of hydrogen-bond donors (Lipinski definition) is 0. The average molecular weight is 359 g/mol. The van der Waals surface area contributed by atoms with Gasteiger partial charge < -0.3 is 19.4 Å². The molecule has 2 amide bonds. The Hall–Kier alpha value is -2.08. The largest absolute Gasteiger partial charge is 0.415 e. The van der Waals surface area contributed by atoms with Gasteiger partial charge in [0.05, 0.1) is 0 Å². The summed E-state index contributed by atoms with van der Waals surface area (Å²) in [5.74, 6) is 0.847. The summed E-state index contributed by atoms with van der Waals surface area (Å²) in [6, 6.07) is 9.17. The summed E-state index contributed by atoms with van der Waals surface area (Å²) in [6.45, 7) is 5.65. The molecule has 6 heteroatoms. The van der Waals surface area contributed by atoms with Crippen LogP contribution in [-0.2, 0) is 4.79 Å². The van der Waals surface area contributed by atoms with Gasteiger partial charge in [-0.15, -0.1) is 0 Å². The molecular weight excluding hydrogens is 330 g/mol. The number of amides is 2. The van der Waals surface area contributed by atoms with E-state index >= 15 is 0 Å². The highest BCUT2D eigenvalue weighted by atomic mass is 16.6. The summed E-state index contributed by atoms with van der Waals surface area (Å²) in [5.41, 5.74) is 0. The Kier molecular flexibility index (Phi) is 6.89. The minimum atomic E-state index is -0.289. The summed E-state index contributed by atoms with van der Waals surface area (Å²) in [7, 11) is 0. The molecule has 1 aromatic carbocycles. The van der Waals surface area contributed by atoms with Crippen LogP contribution in [0.4, 0.5) is 4.79 Å². The summed E-state index contributed by atoms with van der Waals surface area (Å²) in [4.78, 5) is 30.7. The first kappa shape index (κ1) is 18.7. The van der Waals surface area contributed by atoms with Gasteiger partial charge in [-0.2, -0.15) is 0 Å². The standard InChI is InChI=1S/C20H29N3O3/c24-19(22-12-5-2-6-13-22)10-15-21-11-7-14-23(17-16-21)20(25)26-18-8-3-1-4-9-18/h1,3-4,8-9H,2,5-7,10-17H2. The quantitative estimate of drug-likeness (QED) is 0.829. The van der Waals surface area contributed by atoms with Crippen molar-refractivity contribution in [2.24, 2.45) is 0 Å². The fraction of sp³-hybridized carbons (Fsp3) is 0.600. The van der Waals surface area contributed by atoms with Crippen molar-refractivity contribution in [3.8, 4) is 5.75 Å². The van der Waals surface area contributed by atoms with Crippen LogP contribution in [-0.4, -0.2) is 72.5 Å². The minimum Gasteiger partial charge on any atom is -0.410 e. The van der Waals surface area contributed by atoms with E-state index < -0.39 is 0 Å². The number of carbonyl (C=O) groups excluding carboxylic acids is 2. The van der Waals surface area contributed by atoms with Crippen LogP contribution in [0.25, 0.3) is 0 Å². The van der Waals surface area contributed by atoms with Crippen molar-refractivity contribution in [1.82, 2.24) is 14.7 Å². The molecule has 0 bridgehead atoms. The molecule has 3 rings (SSSR count). The lowest BCUT2D eigenvalue weighted by Gasteiger charge is -2.28. The molecule has 2 aliphatic heterocycles. The lowest BCUT2D eigenvalue weighted by Crippen LogP contribution is -2.39. The first-order valence-electron chi connectivity index (χ1n) is 9.74. The van der Waals surface area contributed by atoms with Crippen LogP contribution in [0.1, 0.15) is 32.1 Å². The van der Waals surface area contributed by atoms with Gasteiger partial charge in [-0.05, 0) is 44.4 Å². The summed E-state index contributed by atoms with van der Waals surface area (Å²) >= 11 is 0. The molecule has 0 radical (unpaired) electrons. The number of carbonyl (C=O) groups is 2. The van der Waals surface area contributed by atoms with E-state index in [2.05, 4.69) is 4.90 Å². The van der Waals surface area contributed by atoms with Gasteiger partial charge in [0, 0.05) is 45.7 Å². The van der Waals surface area contributed by atoms with Gasteiger partial charge in [0.15, 0.2) is 0 Å². The second-order valence-corrected chi connectivity index (χ2v) is 7.05. The summed E-state index contributed by atoms with van der Waals surface area (Å²) in [6.07, 6.45) is 4.70. The van der Waals surface area contributed by atoms with Crippen molar-refractivity contribution in [2.75, 3.05) is 45.8 Å². The van der Waals surface area contributed by atoms with Gasteiger partial charge in [-0.3, -0.25) is 4.79 Å². The zero-order valence-corrected chi connectivity index (χ0v) is 15.4. The van der Waals surface area contributed by atoms with Gasteiger partial charge >= 0.3 is 6.09 Å². The van der Waals surface area contributed by atoms with Crippen LogP contribution in [0.3, 0.4) is 0 Å². The smallest absolute Gasteiger partial charge is 0.410 e. The molecule has 2 aliphatic rings. The molecule has 1 aromatic rings. The molecule has 0 atom stereocenters. The second kappa shape index (κ2) is 9.57. The minimum absolute atomic E-state index is 0.272. The van der Waals surface area contributed by atoms with Crippen molar-refractivity contribution in [3.63, 3.8) is 0 Å². The predicted octanol–water partition coefficient (Wildman–Crippen LogP) is 2.60. The summed E-state index contributed by atoms with van der Waals surface area (Å²) in [5, 5.41) is 0. The number of piperidine rings is 1. The molecule has 26 heavy (non-hydrogen) atoms. The second-order valence-electron chi connectivity index (χ2n) is 7.05. The van der Waals surface area contributed by atoms with E-state index in [1.807, 2.05) is 23.1 Å². The van der Waals surface area contributed by atoms with E-state index in [-0.39, 0.29) is 12.0 Å². The van der Waals surface area contributed by atoms with Gasteiger partial charge in [-0.1, -0.05) is 18.2 Å². The topological polar surface area (TPSA) is 53.1 Å². The third-order valence-electron chi connectivity index (χ3n) is 5.15. The summed E-state index contributed by atoms with van der Waals surface area (Å²) < 4.78 is 5.43. The lowest BCUT2D eigenvalue weighted by molar-refractivity contribution is -0.132. The maximum Gasteiger partial charge on any atom is 0.415 e. The van der Waals surface area contributed by atoms with Crippen LogP contribution in [0, 0.1) is 0 Å². The third-order valence-corrected chi connectivity index (χ3v) is 5.15. The van der Waals surface area contributed by atoms with E-state index in [0.29, 0.717) is 25.3 Å². The van der Waals surface area contributed by atoms with Crippen molar-refractivity contribution < 1.29 is 14.3 Å². The van der Waals surface area contributed by atoms with Gasteiger partial charge in [0.25, 0.3) is 0 Å². The Morgan fingerprint density at radius 2 is 1.54 bits per heavy atom. The fourth-order valence-electron chi connectivity index (χ4n) is 3.59. The van der Waals surface area contributed by atoms with E-state index in [1.165, 1.54) is 6.42 Å². The number of rotatable bonds is 4. The highest BCUT2D eigenvalue weighted by Gasteiger charge is 2.22. The van der Waals surface area contributed by atoms with Crippen LogP contribution >= 0.6 is 0 Å². The van der Waals surface area contributed by atoms with Crippen molar-refractivity contribution in [3.05, 3.63) is 30.3 Å². The molecule has 0 N–H and O–H groups in total. The number of para-hydroxylation sites is 1. The molecule has 0 unspecified atom stereocenters. The maximum atomic E-state index is 12.3. The number of nitrogens with zero attached hydrogens (tertiary/aromatic N) is 3. The highest BCUT2D eigenvalue weighted by molar-refractivity contribution is 5.76. The number of likely N-dealkylation sites (tertiary alicyclic amines) is 1. The molecule has 0 aliphatic carbocycles. The molecule has 0 saturated carbocycles. The van der Waals surface area contributed by atoms with Crippen molar-refractivity contribution in [2.45, 2.75) is 32.1 Å². The normalized spacial score (nSPS) is 19.1. The Bertz CT molecular complexity index is 587. The maximum absolute atomic E-state index is 12.3. The fourth-order valence-corrected chi connectivity index (χ4v) is 3.59. The van der Waals surface area contributed by atoms with Crippen molar-refractivity contribution >= 4 is 12.0 Å². The monoisotopic (exact) mass is 359 g/mol. The molecule has 2 fully saturated rings. The predicted molar refractivity (Wildman–Crippen MR) is 100 cm³/mol. The van der Waals surface area contributed by atoms with E-state index in [0.717, 1.165) is 52.0 Å². The van der Waals surface area contributed by atoms with Crippen LogP contribution < -0.4 is 4.74 Å². The lowest BCUT2D eigenvalue weighted by atomic mass is 10.1. The highest BCUT2D eigenvalue weighted by Crippen LogP contribution is 2.13. The Morgan fingerprint density at radius 1 is 0.808 bits per heavy atom. The zero-order chi connectivity index (χ0) is 18.2. The molecular formula is C20H29N3O3. The number of benzene rings is 1. The number of hydrogen-bond acceptors (Lipinski definition) is 4. The van der Waals surface area contributed by atoms with Gasteiger partial charge in [0.1, 0.15) is 5.75 Å². The Morgan fingerprint density at radius 3 is 2.31 bits per heavy atom. The van der Waals surface area contributed by atoms with Crippen LogP contribution in [0.5, 0.6) is 5.75 Å². The SMILES string of the molecule is O=C(CCN1CCCN(C(=O)Oc2ccccc2)CC1)N1CCCCC1. The molecule has 2 heterocycles. The van der Waals surface area contributed by atoms with E-state index in [9.17, 15) is 9.59 Å². The third kappa shape index (κ3) is 5.46. The zero-order valence-electron chi connectivity index (χ0n) is 15.4. The molecule has 0 spiro atoms. The van der Waals surface area contributed by atoms with Crippen LogP contribution in [0.2, 0.25) is 0 Å². The molecule has 2 saturated heterocycles. The first-order valence-corrected chi connectivity index (χ1v) is 9.74. The first-order chi connectivity index (χ1) is 12.7. The van der Waals surface area contributed by atoms with Gasteiger partial charge in [-0.25, -0.2) is 4.79 Å². The molecule has 6 nitrogen and oxygen atoms in total. The molecule has 142 valence electrons. The van der Waals surface area contributed by atoms with Gasteiger partial charge in [0.2, 0.25) is 5.91 Å².